The first-order valence-electron chi connectivity index (χ1n) is 10.7. The first-order valence-corrected chi connectivity index (χ1v) is 11.7. The van der Waals surface area contributed by atoms with Gasteiger partial charge in [-0.05, 0) is 48.6 Å². The summed E-state index contributed by atoms with van der Waals surface area (Å²) in [5, 5.41) is 3.75. The average molecular weight is 434 g/mol. The normalized spacial score (nSPS) is 13.4. The molecule has 1 saturated heterocycles. The minimum atomic E-state index is -0.0858. The Bertz CT molecular complexity index is 1000. The number of carbonyl (C=O) groups is 1. The number of rotatable bonds is 8. The van der Waals surface area contributed by atoms with Gasteiger partial charge in [-0.15, -0.1) is 0 Å². The first-order chi connectivity index (χ1) is 15.2. The van der Waals surface area contributed by atoms with Crippen LogP contribution in [0.15, 0.2) is 60.0 Å². The van der Waals surface area contributed by atoms with E-state index in [0.717, 1.165) is 53.1 Å². The van der Waals surface area contributed by atoms with Crippen LogP contribution in [0.2, 0.25) is 0 Å². The van der Waals surface area contributed by atoms with E-state index in [0.29, 0.717) is 12.1 Å². The maximum absolute atomic E-state index is 12.4. The molecule has 7 heteroatoms. The van der Waals surface area contributed by atoms with Crippen molar-refractivity contribution >= 4 is 23.5 Å². The molecule has 1 amide bonds. The lowest BCUT2D eigenvalue weighted by atomic mass is 10.1. The molecule has 0 unspecified atom stereocenters. The summed E-state index contributed by atoms with van der Waals surface area (Å²) in [5.41, 5.74) is 3.85. The molecule has 0 saturated carbocycles. The van der Waals surface area contributed by atoms with Gasteiger partial charge in [-0.25, -0.2) is 9.97 Å². The fraction of sp³-hybridized carbons (Fsp3) is 0.333. The van der Waals surface area contributed by atoms with Crippen molar-refractivity contribution in [3.63, 3.8) is 0 Å². The molecule has 1 aromatic carbocycles. The number of benzene rings is 1. The quantitative estimate of drug-likeness (QED) is 0.423. The van der Waals surface area contributed by atoms with E-state index in [-0.39, 0.29) is 5.91 Å². The summed E-state index contributed by atoms with van der Waals surface area (Å²) in [6, 6.07) is 13.7. The molecule has 1 N–H and O–H groups in total. The van der Waals surface area contributed by atoms with Crippen molar-refractivity contribution in [2.75, 3.05) is 18.0 Å². The third-order valence-electron chi connectivity index (χ3n) is 5.30. The number of anilines is 1. The van der Waals surface area contributed by atoms with Crippen LogP contribution in [0.4, 0.5) is 5.82 Å². The molecule has 3 heterocycles. The molecule has 6 nitrogen and oxygen atoms in total. The van der Waals surface area contributed by atoms with Crippen molar-refractivity contribution in [1.82, 2.24) is 20.3 Å². The average Bonchev–Trinajstić information content (AvgIpc) is 3.37. The highest BCUT2D eigenvalue weighted by atomic mass is 32.2. The van der Waals surface area contributed by atoms with Crippen LogP contribution in [-0.2, 0) is 18.7 Å². The summed E-state index contributed by atoms with van der Waals surface area (Å²) in [5.74, 6) is 1.73. The Hall–Kier alpha value is -2.93. The summed E-state index contributed by atoms with van der Waals surface area (Å²) < 4.78 is 0. The minimum Gasteiger partial charge on any atom is -0.356 e. The molecular weight excluding hydrogens is 406 g/mol. The molecule has 2 aromatic heterocycles. The molecule has 3 aromatic rings. The fourth-order valence-corrected chi connectivity index (χ4v) is 4.33. The molecule has 0 atom stereocenters. The Morgan fingerprint density at radius 1 is 1.10 bits per heavy atom. The molecule has 4 rings (SSSR count). The van der Waals surface area contributed by atoms with Gasteiger partial charge in [0, 0.05) is 55.1 Å². The molecule has 31 heavy (non-hydrogen) atoms. The maximum Gasteiger partial charge on any atom is 0.251 e. The lowest BCUT2D eigenvalue weighted by Crippen LogP contribution is -2.22. The van der Waals surface area contributed by atoms with E-state index < -0.39 is 0 Å². The second-order valence-corrected chi connectivity index (χ2v) is 8.52. The Morgan fingerprint density at radius 3 is 2.61 bits per heavy atom. The van der Waals surface area contributed by atoms with Crippen molar-refractivity contribution in [3.8, 4) is 0 Å². The second-order valence-electron chi connectivity index (χ2n) is 7.58. The number of pyridine rings is 1. The molecular formula is C24H27N5OS. The van der Waals surface area contributed by atoms with Gasteiger partial charge in [-0.2, -0.15) is 0 Å². The van der Waals surface area contributed by atoms with Crippen LogP contribution >= 0.6 is 11.8 Å². The maximum atomic E-state index is 12.4. The lowest BCUT2D eigenvalue weighted by Gasteiger charge is -2.17. The summed E-state index contributed by atoms with van der Waals surface area (Å²) in [7, 11) is 0. The molecule has 160 valence electrons. The smallest absolute Gasteiger partial charge is 0.251 e. The molecule has 1 aliphatic heterocycles. The third kappa shape index (κ3) is 5.82. The van der Waals surface area contributed by atoms with Crippen molar-refractivity contribution in [3.05, 3.63) is 77.2 Å². The van der Waals surface area contributed by atoms with Gasteiger partial charge in [-0.3, -0.25) is 9.78 Å². The number of thioether (sulfide) groups is 1. The van der Waals surface area contributed by atoms with E-state index >= 15 is 0 Å². The Balaban J connectivity index is 1.35. The van der Waals surface area contributed by atoms with Gasteiger partial charge >= 0.3 is 0 Å². The summed E-state index contributed by atoms with van der Waals surface area (Å²) >= 11 is 1.64. The number of hydrogen-bond donors (Lipinski definition) is 1. The van der Waals surface area contributed by atoms with Gasteiger partial charge in [0.05, 0.1) is 0 Å². The van der Waals surface area contributed by atoms with Gasteiger partial charge in [-0.1, -0.05) is 36.9 Å². The van der Waals surface area contributed by atoms with Crippen LogP contribution in [0, 0.1) is 0 Å². The highest BCUT2D eigenvalue weighted by Gasteiger charge is 2.16. The standard InChI is InChI=1S/C24H27N5OS/c1-2-21-14-22(29-12-3-4-13-29)28-24(27-21)31-17-18-7-9-20(10-8-18)23(30)26-16-19-6-5-11-25-15-19/h5-11,14-15H,2-4,12-13,16-17H2,1H3,(H,26,30). The van der Waals surface area contributed by atoms with Crippen molar-refractivity contribution in [1.29, 1.82) is 0 Å². The SMILES string of the molecule is CCc1cc(N2CCCC2)nc(SCc2ccc(C(=O)NCc3cccnc3)cc2)n1. The van der Waals surface area contributed by atoms with Crippen LogP contribution < -0.4 is 10.2 Å². The zero-order valence-electron chi connectivity index (χ0n) is 17.8. The van der Waals surface area contributed by atoms with E-state index in [1.807, 2.05) is 36.4 Å². The van der Waals surface area contributed by atoms with Crippen molar-refractivity contribution in [2.24, 2.45) is 0 Å². The largest absolute Gasteiger partial charge is 0.356 e. The van der Waals surface area contributed by atoms with Crippen LogP contribution in [0.5, 0.6) is 0 Å². The van der Waals surface area contributed by atoms with Crippen LogP contribution in [0.1, 0.15) is 46.9 Å². The first kappa shape index (κ1) is 21.3. The Labute approximate surface area is 187 Å². The lowest BCUT2D eigenvalue weighted by molar-refractivity contribution is 0.0951. The van der Waals surface area contributed by atoms with Crippen molar-refractivity contribution < 1.29 is 4.79 Å². The van der Waals surface area contributed by atoms with E-state index in [1.165, 1.54) is 12.8 Å². The molecule has 0 bridgehead atoms. The van der Waals surface area contributed by atoms with E-state index in [2.05, 4.69) is 28.2 Å². The second kappa shape index (κ2) is 10.4. The predicted molar refractivity (Wildman–Crippen MR) is 124 cm³/mol. The molecule has 0 aliphatic carbocycles. The number of aromatic nitrogens is 3. The van der Waals surface area contributed by atoms with Gasteiger partial charge in [0.2, 0.25) is 0 Å². The van der Waals surface area contributed by atoms with Gasteiger partial charge in [0.15, 0.2) is 5.16 Å². The Morgan fingerprint density at radius 2 is 1.90 bits per heavy atom. The third-order valence-corrected chi connectivity index (χ3v) is 6.22. The monoisotopic (exact) mass is 433 g/mol. The molecule has 1 fully saturated rings. The molecule has 0 spiro atoms. The molecule has 0 radical (unpaired) electrons. The van der Waals surface area contributed by atoms with E-state index in [9.17, 15) is 4.79 Å². The highest BCUT2D eigenvalue weighted by Crippen LogP contribution is 2.25. The van der Waals surface area contributed by atoms with Crippen LogP contribution in [0.3, 0.4) is 0 Å². The topological polar surface area (TPSA) is 71.0 Å². The predicted octanol–water partition coefficient (Wildman–Crippen LogP) is 4.26. The summed E-state index contributed by atoms with van der Waals surface area (Å²) in [6.45, 7) is 4.75. The Kier molecular flexibility index (Phi) is 7.14. The minimum absolute atomic E-state index is 0.0858. The van der Waals surface area contributed by atoms with Gasteiger partial charge in [0.25, 0.3) is 5.91 Å². The zero-order chi connectivity index (χ0) is 21.5. The fourth-order valence-electron chi connectivity index (χ4n) is 3.50. The van der Waals surface area contributed by atoms with Gasteiger partial charge in [0.1, 0.15) is 5.82 Å². The van der Waals surface area contributed by atoms with E-state index in [1.54, 1.807) is 24.2 Å². The highest BCUT2D eigenvalue weighted by molar-refractivity contribution is 7.98. The summed E-state index contributed by atoms with van der Waals surface area (Å²) in [6.07, 6.45) is 6.84. The number of nitrogens with zero attached hydrogens (tertiary/aromatic N) is 4. The van der Waals surface area contributed by atoms with Crippen molar-refractivity contribution in [2.45, 2.75) is 43.6 Å². The van der Waals surface area contributed by atoms with Crippen LogP contribution in [-0.4, -0.2) is 33.9 Å². The van der Waals surface area contributed by atoms with Gasteiger partial charge < -0.3 is 10.2 Å². The van der Waals surface area contributed by atoms with E-state index in [4.69, 9.17) is 9.97 Å². The molecule has 1 aliphatic rings. The number of nitrogens with one attached hydrogen (secondary N) is 1. The number of hydrogen-bond acceptors (Lipinski definition) is 6. The summed E-state index contributed by atoms with van der Waals surface area (Å²) in [4.78, 5) is 28.3. The van der Waals surface area contributed by atoms with Crippen LogP contribution in [0.25, 0.3) is 0 Å². The number of aryl methyl sites for hydroxylation is 1. The zero-order valence-corrected chi connectivity index (χ0v) is 18.6. The number of amides is 1. The number of carbonyl (C=O) groups excluding carboxylic acids is 1.